The Balaban J connectivity index is 1.76. The molecule has 0 aromatic rings. The lowest BCUT2D eigenvalue weighted by atomic mass is 9.37. The Bertz CT molecular complexity index is 674. The number of ketones is 1. The molecule has 5 rings (SSSR count). The summed E-state index contributed by atoms with van der Waals surface area (Å²) in [5.41, 5.74) is -2.29. The third-order valence-corrected chi connectivity index (χ3v) is 8.97. The van der Waals surface area contributed by atoms with Crippen molar-refractivity contribution in [1.29, 1.82) is 0 Å². The fraction of sp³-hybridized carbons (Fsp3) is 0.850. The molecule has 4 saturated carbocycles. The van der Waals surface area contributed by atoms with Crippen molar-refractivity contribution in [3.8, 4) is 0 Å². The number of hydrogen-bond donors (Lipinski definition) is 4. The molecule has 1 heterocycles. The first-order valence-electron chi connectivity index (χ1n) is 9.79. The van der Waals surface area contributed by atoms with Gasteiger partial charge in [0.05, 0.1) is 35.7 Å². The van der Waals surface area contributed by atoms with Crippen LogP contribution in [0.15, 0.2) is 12.2 Å². The van der Waals surface area contributed by atoms with Crippen molar-refractivity contribution in [2.75, 3.05) is 6.61 Å². The summed E-state index contributed by atoms with van der Waals surface area (Å²) >= 11 is 0. The third-order valence-electron chi connectivity index (χ3n) is 8.97. The highest BCUT2D eigenvalue weighted by molar-refractivity contribution is 6.04. The number of carbonyl (C=O) groups excluding carboxylic acids is 1. The van der Waals surface area contributed by atoms with Gasteiger partial charge in [-0.25, -0.2) is 0 Å². The van der Waals surface area contributed by atoms with Crippen LogP contribution in [0.2, 0.25) is 0 Å². The van der Waals surface area contributed by atoms with Gasteiger partial charge >= 0.3 is 0 Å². The van der Waals surface area contributed by atoms with Crippen LogP contribution in [0, 0.1) is 34.0 Å². The summed E-state index contributed by atoms with van der Waals surface area (Å²) in [5.74, 6) is -1.30. The maximum absolute atomic E-state index is 13.3. The van der Waals surface area contributed by atoms with Gasteiger partial charge in [-0.1, -0.05) is 13.5 Å². The summed E-state index contributed by atoms with van der Waals surface area (Å²) in [6.45, 7) is 6.38. The Morgan fingerprint density at radius 1 is 1.08 bits per heavy atom. The molecule has 5 aliphatic rings. The molecule has 0 aromatic carbocycles. The van der Waals surface area contributed by atoms with Gasteiger partial charge in [-0.3, -0.25) is 4.79 Å². The van der Waals surface area contributed by atoms with Crippen molar-refractivity contribution in [3.05, 3.63) is 12.2 Å². The fourth-order valence-electron chi connectivity index (χ4n) is 7.83. The van der Waals surface area contributed by atoms with Crippen LogP contribution in [0.5, 0.6) is 0 Å². The van der Waals surface area contributed by atoms with Gasteiger partial charge in [-0.05, 0) is 54.9 Å². The molecule has 6 nitrogen and oxygen atoms in total. The van der Waals surface area contributed by atoms with E-state index in [1.807, 2.05) is 0 Å². The second-order valence-corrected chi connectivity index (χ2v) is 9.64. The Labute approximate surface area is 152 Å². The zero-order valence-corrected chi connectivity index (χ0v) is 15.1. The number of Topliss-reactive ketones (excluding diaryl/α,β-unsaturated/α-hetero) is 1. The average Bonchev–Trinajstić information content (AvgIpc) is 2.71. The van der Waals surface area contributed by atoms with Crippen molar-refractivity contribution in [2.24, 2.45) is 34.0 Å². The van der Waals surface area contributed by atoms with Crippen LogP contribution < -0.4 is 0 Å². The summed E-state index contributed by atoms with van der Waals surface area (Å²) in [5, 5.41) is 44.4. The number of fused-ring (bicyclic) bond motifs is 1. The average molecular weight is 364 g/mol. The number of aliphatic hydroxyl groups is 4. The molecule has 144 valence electrons. The second kappa shape index (κ2) is 4.97. The fourth-order valence-corrected chi connectivity index (χ4v) is 7.83. The quantitative estimate of drug-likeness (QED) is 0.463. The van der Waals surface area contributed by atoms with Crippen LogP contribution >= 0.6 is 0 Å². The van der Waals surface area contributed by atoms with Gasteiger partial charge in [0.25, 0.3) is 0 Å². The molecule has 0 amide bonds. The van der Waals surface area contributed by atoms with E-state index in [0.29, 0.717) is 31.4 Å². The number of hydrogen-bond acceptors (Lipinski definition) is 6. The van der Waals surface area contributed by atoms with Crippen LogP contribution in [0.25, 0.3) is 0 Å². The monoisotopic (exact) mass is 364 g/mol. The van der Waals surface area contributed by atoms with Crippen LogP contribution in [0.3, 0.4) is 0 Å². The number of carbonyl (C=O) groups is 1. The maximum Gasteiger partial charge on any atom is 0.170 e. The molecular formula is C20H28O6. The molecule has 4 N–H and O–H groups in total. The van der Waals surface area contributed by atoms with Gasteiger partial charge in [-0.15, -0.1) is 0 Å². The van der Waals surface area contributed by atoms with Crippen LogP contribution in [-0.2, 0) is 9.53 Å². The van der Waals surface area contributed by atoms with Crippen molar-refractivity contribution in [2.45, 2.75) is 63.6 Å². The molecule has 0 aromatic heterocycles. The van der Waals surface area contributed by atoms with Gasteiger partial charge in [0, 0.05) is 5.92 Å². The van der Waals surface area contributed by atoms with E-state index in [-0.39, 0.29) is 29.5 Å². The zero-order valence-electron chi connectivity index (χ0n) is 15.1. The van der Waals surface area contributed by atoms with Gasteiger partial charge in [0.2, 0.25) is 0 Å². The Morgan fingerprint density at radius 3 is 2.54 bits per heavy atom. The Hall–Kier alpha value is -0.790. The Kier molecular flexibility index (Phi) is 3.31. The normalized spacial score (nSPS) is 61.2. The molecule has 10 atom stereocenters. The van der Waals surface area contributed by atoms with Crippen molar-refractivity contribution < 1.29 is 30.0 Å². The van der Waals surface area contributed by atoms with Gasteiger partial charge < -0.3 is 25.2 Å². The van der Waals surface area contributed by atoms with E-state index in [2.05, 4.69) is 13.5 Å². The SMILES string of the molecule is C=C1C(=O)[C@@]23[C@H](O)C[C@@H]4[C@@]5(C)CC[C@H](O)[C@@]4([C@H](O)OC5)[C@@H]2CC[C@@H]1[C@H]3O. The van der Waals surface area contributed by atoms with E-state index in [0.717, 1.165) is 6.42 Å². The van der Waals surface area contributed by atoms with E-state index >= 15 is 0 Å². The summed E-state index contributed by atoms with van der Waals surface area (Å²) in [4.78, 5) is 13.3. The second-order valence-electron chi connectivity index (χ2n) is 9.64. The molecule has 26 heavy (non-hydrogen) atoms. The summed E-state index contributed by atoms with van der Waals surface area (Å²) in [6.07, 6.45) is -1.32. The minimum absolute atomic E-state index is 0.154. The summed E-state index contributed by atoms with van der Waals surface area (Å²) in [7, 11) is 0. The lowest BCUT2D eigenvalue weighted by molar-refractivity contribution is -0.369. The molecule has 1 aliphatic heterocycles. The van der Waals surface area contributed by atoms with Gasteiger partial charge in [0.1, 0.15) is 0 Å². The molecule has 1 saturated heterocycles. The standard InChI is InChI=1S/C20H28O6/c1-9-10-3-4-11-19-12(7-14(22)20(11,15(9)23)16(10)24)18(2,6-5-13(19)21)8-26-17(19)25/h10-14,16-17,21-22,24-25H,1,3-8H2,2H3/t10-,11-,12+,13-,14+,16+,17+,18-,19+,20-/m0/s1. The summed E-state index contributed by atoms with van der Waals surface area (Å²) in [6, 6.07) is 0. The van der Waals surface area contributed by atoms with Crippen LogP contribution in [0.1, 0.15) is 39.0 Å². The first kappa shape index (κ1) is 17.3. The van der Waals surface area contributed by atoms with E-state index in [9.17, 15) is 25.2 Å². The third kappa shape index (κ3) is 1.54. The van der Waals surface area contributed by atoms with Crippen molar-refractivity contribution in [3.63, 3.8) is 0 Å². The van der Waals surface area contributed by atoms with Gasteiger partial charge in [0.15, 0.2) is 12.1 Å². The Morgan fingerprint density at radius 2 is 1.81 bits per heavy atom. The van der Waals surface area contributed by atoms with Crippen LogP contribution in [0.4, 0.5) is 0 Å². The molecule has 0 unspecified atom stereocenters. The maximum atomic E-state index is 13.3. The largest absolute Gasteiger partial charge is 0.392 e. The molecule has 5 fully saturated rings. The van der Waals surface area contributed by atoms with E-state index in [1.54, 1.807) is 0 Å². The highest BCUT2D eigenvalue weighted by atomic mass is 16.6. The topological polar surface area (TPSA) is 107 Å². The zero-order chi connectivity index (χ0) is 18.6. The molecule has 6 heteroatoms. The van der Waals surface area contributed by atoms with Crippen LogP contribution in [-0.4, -0.2) is 57.4 Å². The highest BCUT2D eigenvalue weighted by Crippen LogP contribution is 2.73. The van der Waals surface area contributed by atoms with Crippen molar-refractivity contribution >= 4 is 5.78 Å². The number of aliphatic hydroxyl groups excluding tert-OH is 4. The van der Waals surface area contributed by atoms with Crippen molar-refractivity contribution in [1.82, 2.24) is 0 Å². The van der Waals surface area contributed by atoms with Gasteiger partial charge in [-0.2, -0.15) is 0 Å². The molecule has 1 spiro atoms. The number of ether oxygens (including phenoxy) is 1. The molecule has 4 bridgehead atoms. The lowest BCUT2D eigenvalue weighted by Gasteiger charge is -2.70. The lowest BCUT2D eigenvalue weighted by Crippen LogP contribution is -2.76. The smallest absolute Gasteiger partial charge is 0.170 e. The first-order valence-corrected chi connectivity index (χ1v) is 9.79. The molecular weight excluding hydrogens is 336 g/mol. The van der Waals surface area contributed by atoms with E-state index < -0.39 is 41.3 Å². The minimum atomic E-state index is -1.38. The minimum Gasteiger partial charge on any atom is -0.392 e. The van der Waals surface area contributed by atoms with E-state index in [1.165, 1.54) is 0 Å². The highest BCUT2D eigenvalue weighted by Gasteiger charge is 2.79. The number of rotatable bonds is 0. The molecule has 0 radical (unpaired) electrons. The van der Waals surface area contributed by atoms with E-state index in [4.69, 9.17) is 4.74 Å². The summed E-state index contributed by atoms with van der Waals surface area (Å²) < 4.78 is 5.76. The predicted octanol–water partition coefficient (Wildman–Crippen LogP) is 0.376. The molecule has 4 aliphatic carbocycles. The predicted molar refractivity (Wildman–Crippen MR) is 90.7 cm³/mol. The first-order chi connectivity index (χ1) is 12.2.